The van der Waals surface area contributed by atoms with E-state index in [0.717, 1.165) is 25.2 Å². The van der Waals surface area contributed by atoms with Crippen LogP contribution < -0.4 is 15.5 Å². The number of rotatable bonds is 4. The lowest BCUT2D eigenvalue weighted by Crippen LogP contribution is -2.56. The summed E-state index contributed by atoms with van der Waals surface area (Å²) < 4.78 is 18.5. The Hall–Kier alpha value is -1.08. The maximum Gasteiger partial charge on any atom is 0.239 e. The number of carbonyl (C=O) groups is 1. The first-order valence-corrected chi connectivity index (χ1v) is 8.26. The molecule has 2 heterocycles. The monoisotopic (exact) mass is 393 g/mol. The molecule has 0 bridgehead atoms. The Kier molecular flexibility index (Phi) is 8.93. The largest absolute Gasteiger partial charge is 0.375 e. The summed E-state index contributed by atoms with van der Waals surface area (Å²) in [6.45, 7) is 5.78. The van der Waals surface area contributed by atoms with Crippen LogP contribution in [0.25, 0.3) is 0 Å². The zero-order valence-electron chi connectivity index (χ0n) is 14.2. The van der Waals surface area contributed by atoms with Gasteiger partial charge >= 0.3 is 0 Å². The van der Waals surface area contributed by atoms with Gasteiger partial charge in [-0.2, -0.15) is 0 Å². The van der Waals surface area contributed by atoms with Crippen LogP contribution in [0.15, 0.2) is 24.3 Å². The highest BCUT2D eigenvalue weighted by Crippen LogP contribution is 2.23. The first-order valence-electron chi connectivity index (χ1n) is 8.26. The molecular weight excluding hydrogens is 368 g/mol. The first-order chi connectivity index (χ1) is 11.1. The molecule has 2 N–H and O–H groups in total. The standard InChI is InChI=1S/C17H24FN3O2.2ClH/c1-12-16(19-7-9-23-12)17(22)20-10-13-6-8-21(11-13)15-4-2-14(18)3-5-15;;/h2-5,12-13,16,19H,6-11H2,1H3,(H,20,22);2*1H/t12-,13?,16+;;/m1../s1. The molecule has 5 nitrogen and oxygen atoms in total. The van der Waals surface area contributed by atoms with Crippen LogP contribution in [0.1, 0.15) is 13.3 Å². The molecule has 2 aliphatic heterocycles. The molecule has 0 aliphatic carbocycles. The third-order valence-electron chi connectivity index (χ3n) is 4.64. The average Bonchev–Trinajstić information content (AvgIpc) is 3.03. The maximum atomic E-state index is 13.0. The number of halogens is 3. The predicted octanol–water partition coefficient (Wildman–Crippen LogP) is 1.99. The van der Waals surface area contributed by atoms with Gasteiger partial charge in [-0.3, -0.25) is 4.79 Å². The van der Waals surface area contributed by atoms with E-state index >= 15 is 0 Å². The van der Waals surface area contributed by atoms with Crippen molar-refractivity contribution in [3.63, 3.8) is 0 Å². The summed E-state index contributed by atoms with van der Waals surface area (Å²) in [6.07, 6.45) is 0.935. The Morgan fingerprint density at radius 3 is 2.76 bits per heavy atom. The number of anilines is 1. The van der Waals surface area contributed by atoms with Crippen LogP contribution in [0.3, 0.4) is 0 Å². The van der Waals surface area contributed by atoms with Gasteiger partial charge in [-0.05, 0) is 43.5 Å². The fraction of sp³-hybridized carbons (Fsp3) is 0.588. The minimum atomic E-state index is -0.265. The van der Waals surface area contributed by atoms with Gasteiger partial charge in [0.25, 0.3) is 0 Å². The number of ether oxygens (including phenoxy) is 1. The van der Waals surface area contributed by atoms with Gasteiger partial charge in [-0.25, -0.2) is 4.39 Å². The molecule has 1 aromatic carbocycles. The molecule has 142 valence electrons. The van der Waals surface area contributed by atoms with E-state index in [1.807, 2.05) is 6.92 Å². The van der Waals surface area contributed by atoms with Gasteiger partial charge in [0.2, 0.25) is 5.91 Å². The molecule has 2 aliphatic rings. The van der Waals surface area contributed by atoms with Gasteiger partial charge < -0.3 is 20.3 Å². The van der Waals surface area contributed by atoms with Crippen molar-refractivity contribution in [1.82, 2.24) is 10.6 Å². The lowest BCUT2D eigenvalue weighted by molar-refractivity contribution is -0.129. The average molecular weight is 394 g/mol. The van der Waals surface area contributed by atoms with E-state index in [1.165, 1.54) is 12.1 Å². The normalized spacial score (nSPS) is 25.7. The van der Waals surface area contributed by atoms with Gasteiger partial charge in [0.1, 0.15) is 11.9 Å². The number of carbonyl (C=O) groups excluding carboxylic acids is 1. The smallest absolute Gasteiger partial charge is 0.239 e. The Balaban J connectivity index is 0.00000156. The van der Waals surface area contributed by atoms with Gasteiger partial charge in [0, 0.05) is 31.9 Å². The fourth-order valence-electron chi connectivity index (χ4n) is 3.27. The summed E-state index contributed by atoms with van der Waals surface area (Å²) in [4.78, 5) is 14.5. The van der Waals surface area contributed by atoms with Crippen LogP contribution >= 0.6 is 24.8 Å². The topological polar surface area (TPSA) is 53.6 Å². The second kappa shape index (κ2) is 10.2. The minimum Gasteiger partial charge on any atom is -0.375 e. The molecule has 3 rings (SSSR count). The van der Waals surface area contributed by atoms with Crippen molar-refractivity contribution >= 4 is 36.4 Å². The van der Waals surface area contributed by atoms with Crippen molar-refractivity contribution in [2.75, 3.05) is 37.7 Å². The van der Waals surface area contributed by atoms with Gasteiger partial charge in [-0.15, -0.1) is 24.8 Å². The molecule has 1 aromatic rings. The van der Waals surface area contributed by atoms with E-state index in [0.29, 0.717) is 25.6 Å². The quantitative estimate of drug-likeness (QED) is 0.820. The molecule has 0 radical (unpaired) electrons. The molecular formula is C17H26Cl2FN3O2. The van der Waals surface area contributed by atoms with Gasteiger partial charge in [-0.1, -0.05) is 0 Å². The Labute approximate surface area is 160 Å². The number of benzene rings is 1. The second-order valence-corrected chi connectivity index (χ2v) is 6.33. The Bertz CT molecular complexity index is 547. The van der Waals surface area contributed by atoms with Crippen LogP contribution in [-0.2, 0) is 9.53 Å². The van der Waals surface area contributed by atoms with Crippen molar-refractivity contribution in [2.24, 2.45) is 5.92 Å². The van der Waals surface area contributed by atoms with Crippen LogP contribution in [-0.4, -0.2) is 50.8 Å². The van der Waals surface area contributed by atoms with Crippen molar-refractivity contribution in [1.29, 1.82) is 0 Å². The third-order valence-corrected chi connectivity index (χ3v) is 4.64. The lowest BCUT2D eigenvalue weighted by Gasteiger charge is -2.29. The van der Waals surface area contributed by atoms with Gasteiger partial charge in [0.15, 0.2) is 0 Å². The highest BCUT2D eigenvalue weighted by Gasteiger charge is 2.29. The molecule has 2 fully saturated rings. The summed E-state index contributed by atoms with van der Waals surface area (Å²) in [5.41, 5.74) is 1.04. The van der Waals surface area contributed by atoms with Crippen LogP contribution in [0.4, 0.5) is 10.1 Å². The predicted molar refractivity (Wildman–Crippen MR) is 101 cm³/mol. The Morgan fingerprint density at radius 1 is 1.36 bits per heavy atom. The Morgan fingerprint density at radius 2 is 2.08 bits per heavy atom. The first kappa shape index (κ1) is 22.0. The molecule has 1 unspecified atom stereocenters. The molecule has 0 aromatic heterocycles. The molecule has 2 saturated heterocycles. The van der Waals surface area contributed by atoms with Crippen molar-refractivity contribution in [2.45, 2.75) is 25.5 Å². The molecule has 1 amide bonds. The van der Waals surface area contributed by atoms with Crippen LogP contribution in [0, 0.1) is 11.7 Å². The van der Waals surface area contributed by atoms with E-state index in [2.05, 4.69) is 15.5 Å². The summed E-state index contributed by atoms with van der Waals surface area (Å²) in [6, 6.07) is 6.32. The van der Waals surface area contributed by atoms with Crippen molar-refractivity contribution in [3.8, 4) is 0 Å². The van der Waals surface area contributed by atoms with E-state index in [1.54, 1.807) is 12.1 Å². The van der Waals surface area contributed by atoms with Crippen molar-refractivity contribution < 1.29 is 13.9 Å². The van der Waals surface area contributed by atoms with Crippen molar-refractivity contribution in [3.05, 3.63) is 30.1 Å². The summed E-state index contributed by atoms with van der Waals surface area (Å²) >= 11 is 0. The SMILES string of the molecule is C[C@H]1OCCN[C@@H]1C(=O)NCC1CCN(c2ccc(F)cc2)C1.Cl.Cl. The summed E-state index contributed by atoms with van der Waals surface area (Å²) in [5.74, 6) is 0.217. The minimum absolute atomic E-state index is 0. The van der Waals surface area contributed by atoms with E-state index in [-0.39, 0.29) is 48.7 Å². The molecule has 25 heavy (non-hydrogen) atoms. The fourth-order valence-corrected chi connectivity index (χ4v) is 3.27. The number of morpholine rings is 1. The third kappa shape index (κ3) is 5.71. The van der Waals surface area contributed by atoms with Crippen LogP contribution in [0.5, 0.6) is 0 Å². The second-order valence-electron chi connectivity index (χ2n) is 6.33. The number of amides is 1. The van der Waals surface area contributed by atoms with Crippen LogP contribution in [0.2, 0.25) is 0 Å². The zero-order valence-corrected chi connectivity index (χ0v) is 15.9. The number of hydrogen-bond donors (Lipinski definition) is 2. The van der Waals surface area contributed by atoms with E-state index < -0.39 is 0 Å². The zero-order chi connectivity index (χ0) is 16.2. The summed E-state index contributed by atoms with van der Waals surface area (Å²) in [7, 11) is 0. The van der Waals surface area contributed by atoms with E-state index in [9.17, 15) is 9.18 Å². The summed E-state index contributed by atoms with van der Waals surface area (Å²) in [5, 5.41) is 6.24. The van der Waals surface area contributed by atoms with Gasteiger partial charge in [0.05, 0.1) is 12.7 Å². The number of nitrogens with one attached hydrogen (secondary N) is 2. The molecule has 8 heteroatoms. The maximum absolute atomic E-state index is 13.0. The number of nitrogens with zero attached hydrogens (tertiary/aromatic N) is 1. The highest BCUT2D eigenvalue weighted by molar-refractivity contribution is 5.85. The molecule has 0 spiro atoms. The lowest BCUT2D eigenvalue weighted by atomic mass is 10.1. The molecule has 0 saturated carbocycles. The van der Waals surface area contributed by atoms with E-state index in [4.69, 9.17) is 4.74 Å². The number of hydrogen-bond acceptors (Lipinski definition) is 4. The highest BCUT2D eigenvalue weighted by atomic mass is 35.5. The molecule has 3 atom stereocenters.